The predicted molar refractivity (Wildman–Crippen MR) is 154 cm³/mol. The molecule has 204 valence electrons. The van der Waals surface area contributed by atoms with E-state index in [4.69, 9.17) is 33.0 Å². The van der Waals surface area contributed by atoms with E-state index >= 15 is 0 Å². The standard InChI is InChI=1S/C28H35Cl2N5O3/c1-18-11-12-22(19(2)15-18)35-24(16-23(33-35)28(3,4)5)32-25(36)17-34(13-8-14-38-6)27(37)31-21-10-7-9-20(29)26(21)30/h7,9-12,15-16H,8,13-14,17H2,1-6H3,(H,31,37)(H,32,36). The topological polar surface area (TPSA) is 88.5 Å². The molecule has 10 heteroatoms. The fourth-order valence-electron chi connectivity index (χ4n) is 3.87. The number of nitrogens with zero attached hydrogens (tertiary/aromatic N) is 3. The molecule has 0 aliphatic rings. The number of nitrogens with one attached hydrogen (secondary N) is 2. The van der Waals surface area contributed by atoms with Gasteiger partial charge in [0.1, 0.15) is 12.4 Å². The highest BCUT2D eigenvalue weighted by Gasteiger charge is 2.24. The highest BCUT2D eigenvalue weighted by atomic mass is 35.5. The number of benzene rings is 2. The summed E-state index contributed by atoms with van der Waals surface area (Å²) in [7, 11) is 1.59. The number of amides is 3. The number of urea groups is 1. The van der Waals surface area contributed by atoms with Gasteiger partial charge in [0.05, 0.1) is 27.1 Å². The lowest BCUT2D eigenvalue weighted by atomic mass is 9.92. The van der Waals surface area contributed by atoms with Gasteiger partial charge < -0.3 is 20.3 Å². The minimum Gasteiger partial charge on any atom is -0.385 e. The molecule has 1 aromatic heterocycles. The van der Waals surface area contributed by atoms with Gasteiger partial charge in [0.15, 0.2) is 0 Å². The summed E-state index contributed by atoms with van der Waals surface area (Å²) in [6.07, 6.45) is 0.551. The van der Waals surface area contributed by atoms with Crippen LogP contribution in [0.2, 0.25) is 10.0 Å². The highest BCUT2D eigenvalue weighted by Crippen LogP contribution is 2.30. The summed E-state index contributed by atoms with van der Waals surface area (Å²) < 4.78 is 6.88. The van der Waals surface area contributed by atoms with Gasteiger partial charge in [-0.1, -0.05) is 67.7 Å². The molecule has 0 bridgehead atoms. The number of carbonyl (C=O) groups excluding carboxylic acids is 2. The molecule has 0 aliphatic carbocycles. The van der Waals surface area contributed by atoms with Crippen molar-refractivity contribution in [1.82, 2.24) is 14.7 Å². The summed E-state index contributed by atoms with van der Waals surface area (Å²) in [5.74, 6) is 0.170. The summed E-state index contributed by atoms with van der Waals surface area (Å²) in [4.78, 5) is 27.8. The number of anilines is 2. The molecule has 2 aromatic carbocycles. The number of aryl methyl sites for hydroxylation is 2. The Morgan fingerprint density at radius 2 is 1.82 bits per heavy atom. The molecule has 8 nitrogen and oxygen atoms in total. The van der Waals surface area contributed by atoms with E-state index in [1.165, 1.54) is 4.90 Å². The summed E-state index contributed by atoms with van der Waals surface area (Å²) in [6.45, 7) is 10.8. The minimum absolute atomic E-state index is 0.184. The molecule has 0 spiro atoms. The second-order valence-corrected chi connectivity index (χ2v) is 11.0. The lowest BCUT2D eigenvalue weighted by Crippen LogP contribution is -2.41. The van der Waals surface area contributed by atoms with Crippen LogP contribution in [0, 0.1) is 13.8 Å². The zero-order valence-corrected chi connectivity index (χ0v) is 24.2. The molecule has 0 saturated heterocycles. The van der Waals surface area contributed by atoms with Crippen LogP contribution < -0.4 is 10.6 Å². The van der Waals surface area contributed by atoms with E-state index < -0.39 is 6.03 Å². The lowest BCUT2D eigenvalue weighted by molar-refractivity contribution is -0.116. The predicted octanol–water partition coefficient (Wildman–Crippen LogP) is 6.60. The maximum absolute atomic E-state index is 13.3. The summed E-state index contributed by atoms with van der Waals surface area (Å²) in [6, 6.07) is 12.4. The average Bonchev–Trinajstić information content (AvgIpc) is 3.25. The van der Waals surface area contributed by atoms with Crippen LogP contribution in [-0.4, -0.2) is 53.4 Å². The van der Waals surface area contributed by atoms with Crippen molar-refractivity contribution in [2.75, 3.05) is 37.4 Å². The molecule has 3 aromatic rings. The molecule has 38 heavy (non-hydrogen) atoms. The van der Waals surface area contributed by atoms with Gasteiger partial charge in [-0.2, -0.15) is 5.10 Å². The SMILES string of the molecule is COCCCN(CC(=O)Nc1cc(C(C)(C)C)nn1-c1ccc(C)cc1C)C(=O)Nc1cccc(Cl)c1Cl. The zero-order valence-electron chi connectivity index (χ0n) is 22.7. The molecular weight excluding hydrogens is 525 g/mol. The van der Waals surface area contributed by atoms with E-state index in [0.717, 1.165) is 22.5 Å². The zero-order chi connectivity index (χ0) is 28.0. The molecule has 0 aliphatic heterocycles. The van der Waals surface area contributed by atoms with Gasteiger partial charge >= 0.3 is 6.03 Å². The van der Waals surface area contributed by atoms with Crippen LogP contribution in [-0.2, 0) is 14.9 Å². The molecule has 3 amide bonds. The number of halogens is 2. The van der Waals surface area contributed by atoms with Crippen LogP contribution in [0.4, 0.5) is 16.3 Å². The molecular formula is C28H35Cl2N5O3. The van der Waals surface area contributed by atoms with Crippen molar-refractivity contribution < 1.29 is 14.3 Å². The fourth-order valence-corrected chi connectivity index (χ4v) is 4.21. The number of ether oxygens (including phenoxy) is 1. The Morgan fingerprint density at radius 1 is 1.08 bits per heavy atom. The maximum atomic E-state index is 13.3. The molecule has 0 fully saturated rings. The largest absolute Gasteiger partial charge is 0.385 e. The second-order valence-electron chi connectivity index (χ2n) is 10.2. The van der Waals surface area contributed by atoms with E-state index in [9.17, 15) is 9.59 Å². The van der Waals surface area contributed by atoms with Crippen molar-refractivity contribution in [3.8, 4) is 5.69 Å². The quantitative estimate of drug-likeness (QED) is 0.289. The monoisotopic (exact) mass is 559 g/mol. The Bertz CT molecular complexity index is 1300. The Morgan fingerprint density at radius 3 is 2.47 bits per heavy atom. The normalized spacial score (nSPS) is 11.4. The van der Waals surface area contributed by atoms with Crippen molar-refractivity contribution in [3.63, 3.8) is 0 Å². The second kappa shape index (κ2) is 12.7. The van der Waals surface area contributed by atoms with Crippen molar-refractivity contribution in [3.05, 3.63) is 69.3 Å². The first kappa shape index (κ1) is 29.5. The van der Waals surface area contributed by atoms with Gasteiger partial charge in [0.25, 0.3) is 0 Å². The summed E-state index contributed by atoms with van der Waals surface area (Å²) in [5, 5.41) is 11.1. The van der Waals surface area contributed by atoms with Crippen LogP contribution in [0.3, 0.4) is 0 Å². The number of carbonyl (C=O) groups is 2. The number of aromatic nitrogens is 2. The highest BCUT2D eigenvalue weighted by molar-refractivity contribution is 6.43. The Labute approximate surface area is 234 Å². The van der Waals surface area contributed by atoms with Crippen molar-refractivity contribution in [2.45, 2.75) is 46.5 Å². The van der Waals surface area contributed by atoms with Crippen LogP contribution in [0.5, 0.6) is 0 Å². The molecule has 2 N–H and O–H groups in total. The molecule has 0 atom stereocenters. The van der Waals surface area contributed by atoms with E-state index in [-0.39, 0.29) is 22.9 Å². The smallest absolute Gasteiger partial charge is 0.322 e. The number of rotatable bonds is 9. The molecule has 1 heterocycles. The number of hydrogen-bond acceptors (Lipinski definition) is 4. The maximum Gasteiger partial charge on any atom is 0.322 e. The van der Waals surface area contributed by atoms with Gasteiger partial charge in [-0.25, -0.2) is 9.48 Å². The molecule has 0 saturated carbocycles. The number of hydrogen-bond donors (Lipinski definition) is 2. The lowest BCUT2D eigenvalue weighted by Gasteiger charge is -2.23. The first-order chi connectivity index (χ1) is 17.9. The van der Waals surface area contributed by atoms with Crippen molar-refractivity contribution >= 4 is 46.6 Å². The van der Waals surface area contributed by atoms with Gasteiger partial charge in [0, 0.05) is 31.7 Å². The summed E-state index contributed by atoms with van der Waals surface area (Å²) >= 11 is 12.3. The van der Waals surface area contributed by atoms with Gasteiger partial charge in [-0.15, -0.1) is 0 Å². The third-order valence-electron chi connectivity index (χ3n) is 5.92. The van der Waals surface area contributed by atoms with E-state index in [1.807, 2.05) is 32.0 Å². The van der Waals surface area contributed by atoms with Gasteiger partial charge in [-0.3, -0.25) is 4.79 Å². The van der Waals surface area contributed by atoms with E-state index in [2.05, 4.69) is 37.5 Å². The molecule has 3 rings (SSSR count). The van der Waals surface area contributed by atoms with Crippen LogP contribution in [0.1, 0.15) is 44.0 Å². The number of methoxy groups -OCH3 is 1. The Kier molecular flexibility index (Phi) is 9.82. The van der Waals surface area contributed by atoms with Crippen LogP contribution in [0.15, 0.2) is 42.5 Å². The van der Waals surface area contributed by atoms with Crippen LogP contribution >= 0.6 is 23.2 Å². The molecule has 0 radical (unpaired) electrons. The minimum atomic E-state index is -0.473. The van der Waals surface area contributed by atoms with E-state index in [1.54, 1.807) is 30.0 Å². The van der Waals surface area contributed by atoms with Gasteiger partial charge in [-0.05, 0) is 44.0 Å². The van der Waals surface area contributed by atoms with Crippen molar-refractivity contribution in [1.29, 1.82) is 0 Å². The summed E-state index contributed by atoms with van der Waals surface area (Å²) in [5.41, 5.74) is 4.00. The van der Waals surface area contributed by atoms with Crippen LogP contribution in [0.25, 0.3) is 5.69 Å². The Hall–Kier alpha value is -3.07. The third-order valence-corrected chi connectivity index (χ3v) is 6.74. The Balaban J connectivity index is 1.85. The third kappa shape index (κ3) is 7.49. The van der Waals surface area contributed by atoms with Gasteiger partial charge in [0.2, 0.25) is 5.91 Å². The van der Waals surface area contributed by atoms with Crippen molar-refractivity contribution in [2.24, 2.45) is 0 Å². The first-order valence-corrected chi connectivity index (χ1v) is 13.1. The molecule has 0 unspecified atom stereocenters. The first-order valence-electron chi connectivity index (χ1n) is 12.4. The fraction of sp³-hybridized carbons (Fsp3) is 0.393. The van der Waals surface area contributed by atoms with E-state index in [0.29, 0.717) is 36.1 Å². The average molecular weight is 561 g/mol.